The minimum atomic E-state index is -0.375. The number of ether oxygens (including phenoxy) is 1. The summed E-state index contributed by atoms with van der Waals surface area (Å²) in [7, 11) is 3.14. The summed E-state index contributed by atoms with van der Waals surface area (Å²) in [5.74, 6) is -0.375. The lowest BCUT2D eigenvalue weighted by molar-refractivity contribution is -1.37. The highest BCUT2D eigenvalue weighted by Crippen LogP contribution is 2.23. The molecule has 0 heterocycles. The van der Waals surface area contributed by atoms with Crippen molar-refractivity contribution in [2.24, 2.45) is 0 Å². The standard InChI is InChI=1S/C18H34NO5/c1-16(2)18(20)23-15-11-14-19(21-3,22-4)24-17-12-9-7-5-6-8-10-13-17/h17H,1,5-15H2,2-4H3/q+1. The number of hydrogen-bond donors (Lipinski definition) is 0. The molecule has 1 fully saturated rings. The molecule has 0 atom stereocenters. The minimum Gasteiger partial charge on any atom is -0.462 e. The zero-order chi connectivity index (χ0) is 17.8. The average Bonchev–Trinajstić information content (AvgIpc) is 2.71. The van der Waals surface area contributed by atoms with Crippen molar-refractivity contribution in [2.75, 3.05) is 27.4 Å². The van der Waals surface area contributed by atoms with Gasteiger partial charge in [0.15, 0.2) is 6.54 Å². The van der Waals surface area contributed by atoms with Gasteiger partial charge in [0.25, 0.3) is 0 Å². The molecule has 0 radical (unpaired) electrons. The van der Waals surface area contributed by atoms with Gasteiger partial charge in [-0.3, -0.25) is 0 Å². The molecule has 24 heavy (non-hydrogen) atoms. The fraction of sp³-hybridized carbons (Fsp3) is 0.833. The van der Waals surface area contributed by atoms with Crippen LogP contribution in [-0.4, -0.2) is 44.4 Å². The van der Waals surface area contributed by atoms with Crippen LogP contribution >= 0.6 is 0 Å². The van der Waals surface area contributed by atoms with Crippen LogP contribution in [0.1, 0.15) is 64.7 Å². The number of hydrogen-bond acceptors (Lipinski definition) is 5. The number of carbonyl (C=O) groups excluding carboxylic acids is 1. The predicted octanol–water partition coefficient (Wildman–Crippen LogP) is 3.87. The summed E-state index contributed by atoms with van der Waals surface area (Å²) >= 11 is 0. The zero-order valence-corrected chi connectivity index (χ0v) is 15.6. The first-order chi connectivity index (χ1) is 11.5. The summed E-state index contributed by atoms with van der Waals surface area (Å²) in [5.41, 5.74) is 0.399. The largest absolute Gasteiger partial charge is 0.462 e. The van der Waals surface area contributed by atoms with E-state index in [0.29, 0.717) is 18.5 Å². The first-order valence-corrected chi connectivity index (χ1v) is 9.03. The van der Waals surface area contributed by atoms with E-state index in [0.717, 1.165) is 12.8 Å². The van der Waals surface area contributed by atoms with E-state index in [1.165, 1.54) is 38.5 Å². The van der Waals surface area contributed by atoms with E-state index >= 15 is 0 Å². The molecular weight excluding hydrogens is 310 g/mol. The maximum Gasteiger partial charge on any atom is 0.333 e. The maximum atomic E-state index is 11.4. The van der Waals surface area contributed by atoms with E-state index in [9.17, 15) is 4.79 Å². The monoisotopic (exact) mass is 344 g/mol. The van der Waals surface area contributed by atoms with Crippen LogP contribution in [0.25, 0.3) is 0 Å². The number of esters is 1. The smallest absolute Gasteiger partial charge is 0.333 e. The molecule has 0 aromatic heterocycles. The third-order valence-corrected chi connectivity index (χ3v) is 4.33. The van der Waals surface area contributed by atoms with Crippen LogP contribution in [0, 0.1) is 0 Å². The van der Waals surface area contributed by atoms with Gasteiger partial charge in [-0.05, 0) is 19.8 Å². The van der Waals surface area contributed by atoms with E-state index < -0.39 is 0 Å². The molecule has 0 unspecified atom stereocenters. The molecular formula is C18H34NO5+. The first kappa shape index (κ1) is 21.1. The Bertz CT molecular complexity index is 372. The highest BCUT2D eigenvalue weighted by molar-refractivity contribution is 5.86. The molecule has 6 heteroatoms. The van der Waals surface area contributed by atoms with Gasteiger partial charge < -0.3 is 4.74 Å². The molecule has 0 aromatic rings. The van der Waals surface area contributed by atoms with Crippen LogP contribution in [0.4, 0.5) is 0 Å². The Morgan fingerprint density at radius 2 is 1.58 bits per heavy atom. The van der Waals surface area contributed by atoms with Gasteiger partial charge >= 0.3 is 5.97 Å². The average molecular weight is 344 g/mol. The van der Waals surface area contributed by atoms with Crippen molar-refractivity contribution in [1.29, 1.82) is 0 Å². The van der Waals surface area contributed by atoms with E-state index in [2.05, 4.69) is 6.58 Å². The van der Waals surface area contributed by atoms with Crippen molar-refractivity contribution in [3.05, 3.63) is 12.2 Å². The summed E-state index contributed by atoms with van der Waals surface area (Å²) < 4.78 is 5.12. The normalized spacial score (nSPS) is 17.6. The van der Waals surface area contributed by atoms with Crippen molar-refractivity contribution in [3.8, 4) is 0 Å². The summed E-state index contributed by atoms with van der Waals surface area (Å²) in [6.07, 6.45) is 10.3. The lowest BCUT2D eigenvalue weighted by atomic mass is 10.1. The Morgan fingerprint density at radius 1 is 1.04 bits per heavy atom. The molecule has 0 saturated heterocycles. The topological polar surface area (TPSA) is 54.0 Å². The molecule has 1 aliphatic rings. The van der Waals surface area contributed by atoms with Crippen LogP contribution in [-0.2, 0) is 24.0 Å². The van der Waals surface area contributed by atoms with Crippen LogP contribution in [0.3, 0.4) is 0 Å². The number of rotatable bonds is 9. The second kappa shape index (κ2) is 11.6. The lowest BCUT2D eigenvalue weighted by Crippen LogP contribution is -2.49. The van der Waals surface area contributed by atoms with Gasteiger partial charge in [-0.15, -0.1) is 14.5 Å². The van der Waals surface area contributed by atoms with Crippen LogP contribution in [0.15, 0.2) is 12.2 Å². The van der Waals surface area contributed by atoms with E-state index in [-0.39, 0.29) is 23.7 Å². The SMILES string of the molecule is C=C(C)C(=O)OCCC[N+](OC)(OC)OC1CCCCCCCC1. The second-order valence-electron chi connectivity index (χ2n) is 6.40. The molecule has 6 nitrogen and oxygen atoms in total. The molecule has 0 bridgehead atoms. The Hall–Kier alpha value is -0.950. The van der Waals surface area contributed by atoms with Crippen LogP contribution in [0.2, 0.25) is 0 Å². The molecule has 0 amide bonds. The summed E-state index contributed by atoms with van der Waals surface area (Å²) in [6.45, 7) is 5.93. The third-order valence-electron chi connectivity index (χ3n) is 4.33. The highest BCUT2D eigenvalue weighted by atomic mass is 17.2. The Labute approximate surface area is 146 Å². The van der Waals surface area contributed by atoms with Gasteiger partial charge in [0.1, 0.15) is 20.3 Å². The molecule has 0 aliphatic heterocycles. The van der Waals surface area contributed by atoms with Gasteiger partial charge in [0.2, 0.25) is 0 Å². The molecule has 0 spiro atoms. The number of hydroxylamine groups is 3. The number of nitrogens with zero attached hydrogens (tertiary/aromatic N) is 1. The van der Waals surface area contributed by atoms with Gasteiger partial charge in [-0.2, -0.15) is 0 Å². The lowest BCUT2D eigenvalue weighted by Gasteiger charge is -2.30. The molecule has 0 N–H and O–H groups in total. The van der Waals surface area contributed by atoms with Crippen molar-refractivity contribution in [2.45, 2.75) is 70.8 Å². The predicted molar refractivity (Wildman–Crippen MR) is 91.3 cm³/mol. The quantitative estimate of drug-likeness (QED) is 0.209. The van der Waals surface area contributed by atoms with Gasteiger partial charge in [0, 0.05) is 12.0 Å². The first-order valence-electron chi connectivity index (χ1n) is 9.03. The van der Waals surface area contributed by atoms with Crippen LogP contribution < -0.4 is 0 Å². The summed E-state index contributed by atoms with van der Waals surface area (Å²) in [5, 5.41) is 0. The fourth-order valence-corrected chi connectivity index (χ4v) is 2.87. The Morgan fingerprint density at radius 3 is 2.08 bits per heavy atom. The van der Waals surface area contributed by atoms with Gasteiger partial charge in [-0.25, -0.2) is 4.79 Å². The number of quaternary nitrogens is 1. The molecule has 140 valence electrons. The maximum absolute atomic E-state index is 11.4. The zero-order valence-electron chi connectivity index (χ0n) is 15.6. The fourth-order valence-electron chi connectivity index (χ4n) is 2.87. The van der Waals surface area contributed by atoms with Crippen molar-refractivity contribution in [3.63, 3.8) is 0 Å². The van der Waals surface area contributed by atoms with Crippen molar-refractivity contribution in [1.82, 2.24) is 0 Å². The van der Waals surface area contributed by atoms with Crippen molar-refractivity contribution < 1.29 is 29.0 Å². The van der Waals surface area contributed by atoms with E-state index in [4.69, 9.17) is 19.2 Å². The number of carbonyl (C=O) groups is 1. The van der Waals surface area contributed by atoms with E-state index in [1.54, 1.807) is 21.1 Å². The van der Waals surface area contributed by atoms with Gasteiger partial charge in [-0.1, -0.05) is 45.1 Å². The van der Waals surface area contributed by atoms with Crippen molar-refractivity contribution >= 4 is 5.97 Å². The van der Waals surface area contributed by atoms with Gasteiger partial charge in [0.05, 0.1) is 11.6 Å². The molecule has 1 aliphatic carbocycles. The summed E-state index contributed by atoms with van der Waals surface area (Å²) in [4.78, 5) is 28.2. The highest BCUT2D eigenvalue weighted by Gasteiger charge is 2.35. The molecule has 0 aromatic carbocycles. The molecule has 1 saturated carbocycles. The van der Waals surface area contributed by atoms with Crippen LogP contribution in [0.5, 0.6) is 0 Å². The second-order valence-corrected chi connectivity index (χ2v) is 6.40. The third kappa shape index (κ3) is 7.75. The Kier molecular flexibility index (Phi) is 10.2. The Balaban J connectivity index is 2.49. The summed E-state index contributed by atoms with van der Waals surface area (Å²) in [6, 6.07) is 0. The minimum absolute atomic E-state index is 0.126. The molecule has 1 rings (SSSR count). The van der Waals surface area contributed by atoms with E-state index in [1.807, 2.05) is 0 Å².